The molecule has 0 aromatic carbocycles. The van der Waals surface area contributed by atoms with Gasteiger partial charge in [-0.1, -0.05) is 6.92 Å². The molecule has 0 radical (unpaired) electrons. The summed E-state index contributed by atoms with van der Waals surface area (Å²) in [6.45, 7) is 8.30. The van der Waals surface area contributed by atoms with Crippen LogP contribution in [-0.2, 0) is 4.74 Å². The molecule has 16 heavy (non-hydrogen) atoms. The third-order valence-corrected chi connectivity index (χ3v) is 4.70. The molecule has 92 valence electrons. The van der Waals surface area contributed by atoms with Crippen molar-refractivity contribution in [2.45, 2.75) is 38.3 Å². The van der Waals surface area contributed by atoms with E-state index in [1.165, 1.54) is 45.4 Å². The molecule has 3 aliphatic heterocycles. The first kappa shape index (κ1) is 11.0. The van der Waals surface area contributed by atoms with Gasteiger partial charge in [0.15, 0.2) is 0 Å². The number of rotatable bonds is 3. The van der Waals surface area contributed by atoms with Gasteiger partial charge < -0.3 is 10.1 Å². The topological polar surface area (TPSA) is 24.5 Å². The predicted octanol–water partition coefficient (Wildman–Crippen LogP) is 1.10. The molecule has 3 heterocycles. The molecular formula is C13H24N2O. The lowest BCUT2D eigenvalue weighted by Gasteiger charge is -2.28. The minimum absolute atomic E-state index is 0.529. The summed E-state index contributed by atoms with van der Waals surface area (Å²) >= 11 is 0. The molecule has 1 N–H and O–H groups in total. The fourth-order valence-corrected chi connectivity index (χ4v) is 3.93. The van der Waals surface area contributed by atoms with Gasteiger partial charge in [-0.05, 0) is 44.2 Å². The van der Waals surface area contributed by atoms with Gasteiger partial charge >= 0.3 is 0 Å². The number of nitrogens with zero attached hydrogens (tertiary/aromatic N) is 1. The van der Waals surface area contributed by atoms with Gasteiger partial charge in [0.2, 0.25) is 0 Å². The summed E-state index contributed by atoms with van der Waals surface area (Å²) in [5.41, 5.74) is 0. The highest BCUT2D eigenvalue weighted by Crippen LogP contribution is 2.34. The minimum atomic E-state index is 0.529. The summed E-state index contributed by atoms with van der Waals surface area (Å²) in [5.74, 6) is 1.82. The lowest BCUT2D eigenvalue weighted by Crippen LogP contribution is -2.39. The van der Waals surface area contributed by atoms with Crippen molar-refractivity contribution < 1.29 is 4.74 Å². The first-order chi connectivity index (χ1) is 7.88. The molecule has 0 amide bonds. The van der Waals surface area contributed by atoms with E-state index in [2.05, 4.69) is 17.1 Å². The smallest absolute Gasteiger partial charge is 0.0702 e. The van der Waals surface area contributed by atoms with Gasteiger partial charge in [-0.2, -0.15) is 0 Å². The van der Waals surface area contributed by atoms with E-state index in [0.29, 0.717) is 6.10 Å². The Bertz CT molecular complexity index is 240. The van der Waals surface area contributed by atoms with E-state index < -0.39 is 0 Å². The van der Waals surface area contributed by atoms with E-state index >= 15 is 0 Å². The van der Waals surface area contributed by atoms with Gasteiger partial charge in [0.05, 0.1) is 6.10 Å². The molecule has 0 aromatic rings. The maximum atomic E-state index is 5.77. The maximum Gasteiger partial charge on any atom is 0.0702 e. The van der Waals surface area contributed by atoms with Crippen molar-refractivity contribution in [3.05, 3.63) is 0 Å². The van der Waals surface area contributed by atoms with Crippen molar-refractivity contribution in [3.8, 4) is 0 Å². The first-order valence-corrected chi connectivity index (χ1v) is 6.95. The van der Waals surface area contributed by atoms with Crippen molar-refractivity contribution in [3.63, 3.8) is 0 Å². The van der Waals surface area contributed by atoms with Crippen molar-refractivity contribution in [2.24, 2.45) is 11.8 Å². The molecule has 0 spiro atoms. The summed E-state index contributed by atoms with van der Waals surface area (Å²) in [7, 11) is 0. The van der Waals surface area contributed by atoms with Gasteiger partial charge in [-0.3, -0.25) is 4.90 Å². The zero-order chi connectivity index (χ0) is 11.0. The van der Waals surface area contributed by atoms with E-state index in [1.807, 2.05) is 0 Å². The summed E-state index contributed by atoms with van der Waals surface area (Å²) in [5, 5.41) is 3.54. The zero-order valence-electron chi connectivity index (χ0n) is 10.3. The Morgan fingerprint density at radius 3 is 3.06 bits per heavy atom. The Morgan fingerprint density at radius 1 is 1.38 bits per heavy atom. The third kappa shape index (κ3) is 1.89. The Labute approximate surface area is 98.5 Å². The normalized spacial score (nSPS) is 44.1. The van der Waals surface area contributed by atoms with Crippen molar-refractivity contribution >= 4 is 0 Å². The quantitative estimate of drug-likeness (QED) is 0.777. The monoisotopic (exact) mass is 224 g/mol. The Balaban J connectivity index is 1.61. The van der Waals surface area contributed by atoms with Gasteiger partial charge in [0.1, 0.15) is 0 Å². The molecule has 0 aliphatic carbocycles. The Kier molecular flexibility index (Phi) is 3.18. The molecule has 4 unspecified atom stereocenters. The van der Waals surface area contributed by atoms with E-state index in [0.717, 1.165) is 24.5 Å². The summed E-state index contributed by atoms with van der Waals surface area (Å²) in [4.78, 5) is 2.71. The molecule has 3 rings (SSSR count). The van der Waals surface area contributed by atoms with E-state index in [9.17, 15) is 0 Å². The van der Waals surface area contributed by atoms with Crippen LogP contribution in [0.3, 0.4) is 0 Å². The molecule has 3 heteroatoms. The second-order valence-electron chi connectivity index (χ2n) is 5.65. The van der Waals surface area contributed by atoms with Crippen LogP contribution in [0.5, 0.6) is 0 Å². The molecule has 3 fully saturated rings. The van der Waals surface area contributed by atoms with Crippen LogP contribution in [0.25, 0.3) is 0 Å². The van der Waals surface area contributed by atoms with Crippen LogP contribution < -0.4 is 5.32 Å². The summed E-state index contributed by atoms with van der Waals surface area (Å²) in [6, 6.07) is 0.809. The van der Waals surface area contributed by atoms with E-state index in [-0.39, 0.29) is 0 Å². The van der Waals surface area contributed by atoms with Crippen LogP contribution in [-0.4, -0.2) is 49.8 Å². The number of fused-ring (bicyclic) bond motifs is 1. The fourth-order valence-electron chi connectivity index (χ4n) is 3.93. The van der Waals surface area contributed by atoms with Crippen LogP contribution in [0.2, 0.25) is 0 Å². The van der Waals surface area contributed by atoms with Crippen LogP contribution in [0.4, 0.5) is 0 Å². The fraction of sp³-hybridized carbons (Fsp3) is 1.00. The lowest BCUT2D eigenvalue weighted by molar-refractivity contribution is 0.0640. The summed E-state index contributed by atoms with van der Waals surface area (Å²) in [6.07, 6.45) is 4.38. The molecule has 3 aliphatic rings. The highest BCUT2D eigenvalue weighted by Gasteiger charge is 2.43. The Hall–Kier alpha value is -0.120. The van der Waals surface area contributed by atoms with Crippen molar-refractivity contribution in [1.29, 1.82) is 0 Å². The predicted molar refractivity (Wildman–Crippen MR) is 64.5 cm³/mol. The average molecular weight is 224 g/mol. The highest BCUT2D eigenvalue weighted by atomic mass is 16.5. The molecule has 0 saturated carbocycles. The zero-order valence-corrected chi connectivity index (χ0v) is 10.3. The third-order valence-electron chi connectivity index (χ3n) is 4.70. The van der Waals surface area contributed by atoms with Gasteiger partial charge in [-0.15, -0.1) is 0 Å². The standard InChI is InChI=1S/C13H24N2O/c1-2-13-12-7-14-6-10(12)8-15(13)9-11-4-3-5-16-11/h10-14H,2-9H2,1H3. The number of nitrogens with one attached hydrogen (secondary N) is 1. The first-order valence-electron chi connectivity index (χ1n) is 6.95. The number of hydrogen-bond donors (Lipinski definition) is 1. The molecule has 0 aromatic heterocycles. The second-order valence-corrected chi connectivity index (χ2v) is 5.65. The van der Waals surface area contributed by atoms with Gasteiger partial charge in [0, 0.05) is 25.7 Å². The lowest BCUT2D eigenvalue weighted by atomic mass is 9.93. The average Bonchev–Trinajstić information content (AvgIpc) is 2.93. The van der Waals surface area contributed by atoms with Crippen molar-refractivity contribution in [1.82, 2.24) is 10.2 Å². The highest BCUT2D eigenvalue weighted by molar-refractivity contribution is 4.98. The summed E-state index contributed by atoms with van der Waals surface area (Å²) < 4.78 is 5.77. The van der Waals surface area contributed by atoms with Crippen molar-refractivity contribution in [2.75, 3.05) is 32.8 Å². The number of likely N-dealkylation sites (tertiary alicyclic amines) is 1. The maximum absolute atomic E-state index is 5.77. The molecule has 3 nitrogen and oxygen atoms in total. The molecule has 0 bridgehead atoms. The molecular weight excluding hydrogens is 200 g/mol. The van der Waals surface area contributed by atoms with Crippen LogP contribution >= 0.6 is 0 Å². The number of ether oxygens (including phenoxy) is 1. The van der Waals surface area contributed by atoms with Crippen LogP contribution in [0.15, 0.2) is 0 Å². The number of hydrogen-bond acceptors (Lipinski definition) is 3. The van der Waals surface area contributed by atoms with Gasteiger partial charge in [-0.25, -0.2) is 0 Å². The largest absolute Gasteiger partial charge is 0.377 e. The van der Waals surface area contributed by atoms with Crippen LogP contribution in [0, 0.1) is 11.8 Å². The second kappa shape index (κ2) is 4.63. The molecule has 4 atom stereocenters. The minimum Gasteiger partial charge on any atom is -0.377 e. The molecule has 3 saturated heterocycles. The Morgan fingerprint density at radius 2 is 2.31 bits per heavy atom. The van der Waals surface area contributed by atoms with Gasteiger partial charge in [0.25, 0.3) is 0 Å². The van der Waals surface area contributed by atoms with Crippen LogP contribution in [0.1, 0.15) is 26.2 Å². The van der Waals surface area contributed by atoms with E-state index in [4.69, 9.17) is 4.74 Å². The SMILES string of the molecule is CCC1C2CNCC2CN1CC1CCCO1. The van der Waals surface area contributed by atoms with E-state index in [1.54, 1.807) is 0 Å².